The second-order valence-corrected chi connectivity index (χ2v) is 3.92. The molecule has 0 radical (unpaired) electrons. The molecule has 0 saturated carbocycles. The molecule has 1 fully saturated rings. The summed E-state index contributed by atoms with van der Waals surface area (Å²) in [5.41, 5.74) is -0.851. The fourth-order valence-corrected chi connectivity index (χ4v) is 1.47. The van der Waals surface area contributed by atoms with Crippen LogP contribution in [0.15, 0.2) is 0 Å². The van der Waals surface area contributed by atoms with Crippen LogP contribution in [0.3, 0.4) is 0 Å². The highest BCUT2D eigenvalue weighted by molar-refractivity contribution is 5.79. The lowest BCUT2D eigenvalue weighted by Gasteiger charge is -2.24. The maximum absolute atomic E-state index is 11.0. The SMILES string of the molecule is CN(C)CCNC1(C(=O)O)CCOC1. The fraction of sp³-hybridized carbons (Fsp3) is 0.889. The largest absolute Gasteiger partial charge is 0.480 e. The topological polar surface area (TPSA) is 61.8 Å². The molecule has 5 heteroatoms. The average Bonchev–Trinajstić information content (AvgIpc) is 2.53. The molecule has 0 bridgehead atoms. The van der Waals surface area contributed by atoms with Crippen LogP contribution in [0.1, 0.15) is 6.42 Å². The van der Waals surface area contributed by atoms with E-state index >= 15 is 0 Å². The van der Waals surface area contributed by atoms with E-state index in [0.717, 1.165) is 6.54 Å². The Hall–Kier alpha value is -0.650. The standard InChI is InChI=1S/C9H18N2O3/c1-11(2)5-4-10-9(8(12)13)3-6-14-7-9/h10H,3-7H2,1-2H3,(H,12,13). The van der Waals surface area contributed by atoms with Crippen molar-refractivity contribution < 1.29 is 14.6 Å². The molecule has 0 spiro atoms. The first kappa shape index (κ1) is 11.4. The van der Waals surface area contributed by atoms with Gasteiger partial charge in [0.15, 0.2) is 0 Å². The number of rotatable bonds is 5. The van der Waals surface area contributed by atoms with Gasteiger partial charge in [-0.05, 0) is 14.1 Å². The molecule has 1 unspecified atom stereocenters. The number of nitrogens with zero attached hydrogens (tertiary/aromatic N) is 1. The zero-order valence-corrected chi connectivity index (χ0v) is 8.75. The maximum atomic E-state index is 11.0. The summed E-state index contributed by atoms with van der Waals surface area (Å²) in [7, 11) is 3.92. The molecule has 2 N–H and O–H groups in total. The Morgan fingerprint density at radius 1 is 1.64 bits per heavy atom. The van der Waals surface area contributed by atoms with Crippen molar-refractivity contribution in [3.63, 3.8) is 0 Å². The fourth-order valence-electron chi connectivity index (χ4n) is 1.47. The van der Waals surface area contributed by atoms with Crippen molar-refractivity contribution in [2.24, 2.45) is 0 Å². The Bertz CT molecular complexity index is 200. The minimum atomic E-state index is -0.851. The number of ether oxygens (including phenoxy) is 1. The van der Waals surface area contributed by atoms with Gasteiger partial charge in [0.2, 0.25) is 0 Å². The number of carbonyl (C=O) groups is 1. The first-order chi connectivity index (χ1) is 6.57. The van der Waals surface area contributed by atoms with Crippen LogP contribution in [0.5, 0.6) is 0 Å². The van der Waals surface area contributed by atoms with Crippen LogP contribution in [-0.4, -0.2) is 61.9 Å². The van der Waals surface area contributed by atoms with Crippen molar-refractivity contribution in [3.05, 3.63) is 0 Å². The van der Waals surface area contributed by atoms with Gasteiger partial charge in [0.25, 0.3) is 0 Å². The van der Waals surface area contributed by atoms with Gasteiger partial charge in [-0.25, -0.2) is 0 Å². The lowest BCUT2D eigenvalue weighted by molar-refractivity contribution is -0.144. The van der Waals surface area contributed by atoms with Crippen LogP contribution in [0.4, 0.5) is 0 Å². The third-order valence-electron chi connectivity index (χ3n) is 2.45. The van der Waals surface area contributed by atoms with Gasteiger partial charge in [-0.3, -0.25) is 10.1 Å². The van der Waals surface area contributed by atoms with Crippen molar-refractivity contribution in [2.75, 3.05) is 40.4 Å². The lowest BCUT2D eigenvalue weighted by Crippen LogP contribution is -2.54. The average molecular weight is 202 g/mol. The van der Waals surface area contributed by atoms with Gasteiger partial charge in [-0.1, -0.05) is 0 Å². The molecular weight excluding hydrogens is 184 g/mol. The monoisotopic (exact) mass is 202 g/mol. The van der Waals surface area contributed by atoms with E-state index in [-0.39, 0.29) is 6.61 Å². The summed E-state index contributed by atoms with van der Waals surface area (Å²) < 4.78 is 5.12. The van der Waals surface area contributed by atoms with Crippen LogP contribution in [0, 0.1) is 0 Å². The number of carboxylic acid groups (broad SMARTS) is 1. The molecule has 82 valence electrons. The summed E-state index contributed by atoms with van der Waals surface area (Å²) in [5.74, 6) is -0.811. The van der Waals surface area contributed by atoms with E-state index in [1.807, 2.05) is 19.0 Å². The van der Waals surface area contributed by atoms with E-state index in [1.54, 1.807) is 0 Å². The van der Waals surface area contributed by atoms with Gasteiger partial charge in [-0.15, -0.1) is 0 Å². The summed E-state index contributed by atoms with van der Waals surface area (Å²) in [4.78, 5) is 13.1. The molecule has 1 heterocycles. The van der Waals surface area contributed by atoms with Crippen molar-refractivity contribution in [1.29, 1.82) is 0 Å². The Morgan fingerprint density at radius 3 is 2.79 bits per heavy atom. The number of hydrogen-bond donors (Lipinski definition) is 2. The van der Waals surface area contributed by atoms with Crippen molar-refractivity contribution in [1.82, 2.24) is 10.2 Å². The first-order valence-corrected chi connectivity index (χ1v) is 4.78. The van der Waals surface area contributed by atoms with E-state index < -0.39 is 11.5 Å². The number of hydrogen-bond acceptors (Lipinski definition) is 4. The normalized spacial score (nSPS) is 27.1. The number of likely N-dealkylation sites (N-methyl/N-ethyl adjacent to an activating group) is 1. The molecule has 1 atom stereocenters. The van der Waals surface area contributed by atoms with E-state index in [2.05, 4.69) is 5.32 Å². The van der Waals surface area contributed by atoms with Gasteiger partial charge in [0, 0.05) is 26.1 Å². The van der Waals surface area contributed by atoms with Crippen molar-refractivity contribution in [2.45, 2.75) is 12.0 Å². The van der Waals surface area contributed by atoms with Crippen LogP contribution < -0.4 is 5.32 Å². The molecular formula is C9H18N2O3. The predicted octanol–water partition coefficient (Wildman–Crippen LogP) is -0.619. The Balaban J connectivity index is 2.40. The van der Waals surface area contributed by atoms with Gasteiger partial charge >= 0.3 is 5.97 Å². The predicted molar refractivity (Wildman–Crippen MR) is 52.4 cm³/mol. The Morgan fingerprint density at radius 2 is 2.36 bits per heavy atom. The first-order valence-electron chi connectivity index (χ1n) is 4.78. The Labute approximate surface area is 84.0 Å². The highest BCUT2D eigenvalue weighted by Gasteiger charge is 2.41. The van der Waals surface area contributed by atoms with Crippen LogP contribution >= 0.6 is 0 Å². The highest BCUT2D eigenvalue weighted by atomic mass is 16.5. The lowest BCUT2D eigenvalue weighted by atomic mass is 9.99. The minimum absolute atomic E-state index is 0.274. The summed E-state index contributed by atoms with van der Waals surface area (Å²) in [5, 5.41) is 12.1. The van der Waals surface area contributed by atoms with E-state index in [9.17, 15) is 4.79 Å². The van der Waals surface area contributed by atoms with Crippen molar-refractivity contribution >= 4 is 5.97 Å². The summed E-state index contributed by atoms with van der Waals surface area (Å²) >= 11 is 0. The summed E-state index contributed by atoms with van der Waals surface area (Å²) in [6.07, 6.45) is 0.551. The van der Waals surface area contributed by atoms with E-state index in [4.69, 9.17) is 9.84 Å². The van der Waals surface area contributed by atoms with Gasteiger partial charge in [0.05, 0.1) is 6.61 Å². The molecule has 1 saturated heterocycles. The molecule has 0 aromatic rings. The minimum Gasteiger partial charge on any atom is -0.480 e. The number of carboxylic acids is 1. The van der Waals surface area contributed by atoms with E-state index in [0.29, 0.717) is 19.6 Å². The quantitative estimate of drug-likeness (QED) is 0.622. The molecule has 14 heavy (non-hydrogen) atoms. The van der Waals surface area contributed by atoms with E-state index in [1.165, 1.54) is 0 Å². The molecule has 1 aliphatic heterocycles. The van der Waals surface area contributed by atoms with Crippen LogP contribution in [0.2, 0.25) is 0 Å². The molecule has 0 amide bonds. The molecule has 1 rings (SSSR count). The zero-order valence-electron chi connectivity index (χ0n) is 8.75. The number of nitrogens with one attached hydrogen (secondary N) is 1. The van der Waals surface area contributed by atoms with Crippen LogP contribution in [-0.2, 0) is 9.53 Å². The molecule has 0 aromatic carbocycles. The van der Waals surface area contributed by atoms with Crippen LogP contribution in [0.25, 0.3) is 0 Å². The third kappa shape index (κ3) is 2.67. The molecule has 0 aliphatic carbocycles. The molecule has 1 aliphatic rings. The smallest absolute Gasteiger partial charge is 0.326 e. The molecule has 0 aromatic heterocycles. The van der Waals surface area contributed by atoms with Crippen molar-refractivity contribution in [3.8, 4) is 0 Å². The number of aliphatic carboxylic acids is 1. The third-order valence-corrected chi connectivity index (χ3v) is 2.45. The van der Waals surface area contributed by atoms with Gasteiger partial charge < -0.3 is 14.7 Å². The van der Waals surface area contributed by atoms with Gasteiger partial charge in [-0.2, -0.15) is 0 Å². The maximum Gasteiger partial charge on any atom is 0.326 e. The highest BCUT2D eigenvalue weighted by Crippen LogP contribution is 2.18. The summed E-state index contributed by atoms with van der Waals surface area (Å²) in [6, 6.07) is 0. The second-order valence-electron chi connectivity index (χ2n) is 3.92. The second kappa shape index (κ2) is 4.72. The Kier molecular flexibility index (Phi) is 3.86. The molecule has 5 nitrogen and oxygen atoms in total. The zero-order chi connectivity index (χ0) is 10.6. The summed E-state index contributed by atoms with van der Waals surface area (Å²) in [6.45, 7) is 2.30. The van der Waals surface area contributed by atoms with Gasteiger partial charge in [0.1, 0.15) is 5.54 Å².